The lowest BCUT2D eigenvalue weighted by atomic mass is 10.3. The zero-order valence-electron chi connectivity index (χ0n) is 5.88. The first-order chi connectivity index (χ1) is 5.15. The Hall–Kier alpha value is -0.680. The fourth-order valence-electron chi connectivity index (χ4n) is 0.781. The van der Waals surface area contributed by atoms with Crippen molar-refractivity contribution < 1.29 is 9.90 Å². The molecule has 3 nitrogen and oxygen atoms in total. The molecule has 5 heteroatoms. The zero-order valence-corrected chi connectivity index (χ0v) is 7.51. The van der Waals surface area contributed by atoms with Gasteiger partial charge in [0, 0.05) is 5.69 Å². The van der Waals surface area contributed by atoms with Crippen molar-refractivity contribution in [2.24, 2.45) is 0 Å². The van der Waals surface area contributed by atoms with Crippen molar-refractivity contribution in [1.29, 1.82) is 0 Å². The lowest BCUT2D eigenvalue weighted by molar-refractivity contribution is 0.0701. The third kappa shape index (κ3) is 1.66. The number of aryl methyl sites for hydroxylation is 1. The maximum absolute atomic E-state index is 10.5. The topological polar surface area (TPSA) is 53.1 Å². The third-order valence-electron chi connectivity index (χ3n) is 1.27. The van der Waals surface area contributed by atoms with Crippen LogP contribution in [0.15, 0.2) is 0 Å². The van der Waals surface area contributed by atoms with Crippen molar-refractivity contribution in [1.82, 2.24) is 4.98 Å². The molecule has 0 spiro atoms. The normalized spacial score (nSPS) is 9.91. The van der Waals surface area contributed by atoms with E-state index in [-0.39, 0.29) is 0 Å². The molecule has 1 aromatic rings. The van der Waals surface area contributed by atoms with E-state index in [0.29, 0.717) is 20.9 Å². The zero-order chi connectivity index (χ0) is 8.43. The fraction of sp³-hybridized carbons (Fsp3) is 0.333. The van der Waals surface area contributed by atoms with Gasteiger partial charge in [0.05, 0.1) is 0 Å². The van der Waals surface area contributed by atoms with E-state index < -0.39 is 5.97 Å². The van der Waals surface area contributed by atoms with Crippen molar-refractivity contribution in [2.45, 2.75) is 13.3 Å². The Balaban J connectivity index is 3.23. The number of H-pyrrole nitrogens is 1. The van der Waals surface area contributed by atoms with Gasteiger partial charge in [-0.15, -0.1) is 0 Å². The second kappa shape index (κ2) is 3.15. The van der Waals surface area contributed by atoms with Crippen LogP contribution in [-0.4, -0.2) is 16.1 Å². The maximum Gasteiger partial charge on any atom is 0.347 e. The van der Waals surface area contributed by atoms with E-state index in [4.69, 9.17) is 17.3 Å². The molecule has 11 heavy (non-hydrogen) atoms. The summed E-state index contributed by atoms with van der Waals surface area (Å²) < 4.78 is 0.527. The molecule has 60 valence electrons. The molecular weight excluding hydrogens is 182 g/mol. The molecule has 0 fully saturated rings. The van der Waals surface area contributed by atoms with Gasteiger partial charge in [-0.1, -0.05) is 18.3 Å². The van der Waals surface area contributed by atoms with E-state index in [9.17, 15) is 4.79 Å². The standard InChI is InChI=1S/C6H7NO2S2/c1-2-3-4(5(8)9)11-6(10)7-3/h2H2,1H3,(H,7,10)(H,8,9). The minimum absolute atomic E-state index is 0.331. The van der Waals surface area contributed by atoms with Gasteiger partial charge in [0.15, 0.2) is 3.95 Å². The van der Waals surface area contributed by atoms with Crippen molar-refractivity contribution in [2.75, 3.05) is 0 Å². The number of aromatic nitrogens is 1. The quantitative estimate of drug-likeness (QED) is 0.700. The molecule has 0 saturated carbocycles. The largest absolute Gasteiger partial charge is 0.477 e. The second-order valence-electron chi connectivity index (χ2n) is 1.98. The van der Waals surface area contributed by atoms with Crippen molar-refractivity contribution in [3.8, 4) is 0 Å². The van der Waals surface area contributed by atoms with Crippen LogP contribution in [0.3, 0.4) is 0 Å². The predicted molar refractivity (Wildman–Crippen MR) is 45.8 cm³/mol. The number of nitrogens with one attached hydrogen (secondary N) is 1. The average molecular weight is 189 g/mol. The highest BCUT2D eigenvalue weighted by atomic mass is 32.1. The Morgan fingerprint density at radius 2 is 2.45 bits per heavy atom. The van der Waals surface area contributed by atoms with E-state index in [1.165, 1.54) is 0 Å². The Morgan fingerprint density at radius 3 is 2.82 bits per heavy atom. The van der Waals surface area contributed by atoms with Gasteiger partial charge in [-0.05, 0) is 18.6 Å². The van der Waals surface area contributed by atoms with Gasteiger partial charge in [-0.3, -0.25) is 0 Å². The van der Waals surface area contributed by atoms with E-state index in [0.717, 1.165) is 11.3 Å². The summed E-state index contributed by atoms with van der Waals surface area (Å²) >= 11 is 5.91. The summed E-state index contributed by atoms with van der Waals surface area (Å²) in [6.07, 6.45) is 0.675. The fourth-order valence-corrected chi connectivity index (χ4v) is 1.92. The first-order valence-electron chi connectivity index (χ1n) is 3.10. The smallest absolute Gasteiger partial charge is 0.347 e. The number of carboxylic acids is 1. The van der Waals surface area contributed by atoms with Crippen molar-refractivity contribution >= 4 is 29.5 Å². The molecule has 0 aliphatic heterocycles. The Bertz CT molecular complexity index is 326. The minimum Gasteiger partial charge on any atom is -0.477 e. The number of rotatable bonds is 2. The number of aromatic carboxylic acids is 1. The lowest BCUT2D eigenvalue weighted by Gasteiger charge is -1.90. The van der Waals surface area contributed by atoms with Crippen LogP contribution in [0, 0.1) is 3.95 Å². The van der Waals surface area contributed by atoms with Crippen LogP contribution in [0.5, 0.6) is 0 Å². The molecule has 0 aliphatic carbocycles. The monoisotopic (exact) mass is 189 g/mol. The van der Waals surface area contributed by atoms with Gasteiger partial charge in [0.2, 0.25) is 0 Å². The van der Waals surface area contributed by atoms with Crippen LogP contribution in [-0.2, 0) is 6.42 Å². The highest BCUT2D eigenvalue weighted by Gasteiger charge is 2.10. The Labute approximate surface area is 72.7 Å². The minimum atomic E-state index is -0.904. The number of hydrogen-bond acceptors (Lipinski definition) is 3. The molecule has 0 aromatic carbocycles. The van der Waals surface area contributed by atoms with Gasteiger partial charge >= 0.3 is 5.97 Å². The summed E-state index contributed by atoms with van der Waals surface area (Å²) in [6, 6.07) is 0. The SMILES string of the molecule is CCc1[nH]c(=S)sc1C(=O)O. The molecule has 0 unspecified atom stereocenters. The summed E-state index contributed by atoms with van der Waals surface area (Å²) in [4.78, 5) is 13.7. The van der Waals surface area contributed by atoms with E-state index >= 15 is 0 Å². The summed E-state index contributed by atoms with van der Waals surface area (Å²) in [6.45, 7) is 1.89. The van der Waals surface area contributed by atoms with Crippen LogP contribution in [0.2, 0.25) is 0 Å². The van der Waals surface area contributed by atoms with Gasteiger partial charge in [-0.25, -0.2) is 4.79 Å². The molecule has 1 rings (SSSR count). The summed E-state index contributed by atoms with van der Waals surface area (Å²) in [5.41, 5.74) is 0.715. The first kappa shape index (κ1) is 8.42. The number of aromatic amines is 1. The number of carbonyl (C=O) groups is 1. The summed E-state index contributed by atoms with van der Waals surface area (Å²) in [5, 5.41) is 8.65. The van der Waals surface area contributed by atoms with Gasteiger partial charge in [0.25, 0.3) is 0 Å². The van der Waals surface area contributed by atoms with Crippen molar-refractivity contribution in [3.05, 3.63) is 14.5 Å². The molecule has 0 aliphatic rings. The number of hydrogen-bond donors (Lipinski definition) is 2. The Morgan fingerprint density at radius 1 is 1.82 bits per heavy atom. The van der Waals surface area contributed by atoms with Gasteiger partial charge in [0.1, 0.15) is 4.88 Å². The molecule has 1 heterocycles. The lowest BCUT2D eigenvalue weighted by Crippen LogP contribution is -1.97. The number of carboxylic acid groups (broad SMARTS) is 1. The summed E-state index contributed by atoms with van der Waals surface area (Å²) in [5.74, 6) is -0.904. The molecule has 0 radical (unpaired) electrons. The number of thiazole rings is 1. The van der Waals surface area contributed by atoms with Crippen LogP contribution < -0.4 is 0 Å². The third-order valence-corrected chi connectivity index (χ3v) is 2.53. The molecule has 1 aromatic heterocycles. The summed E-state index contributed by atoms with van der Waals surface area (Å²) in [7, 11) is 0. The van der Waals surface area contributed by atoms with Crippen LogP contribution in [0.4, 0.5) is 0 Å². The van der Waals surface area contributed by atoms with Crippen LogP contribution >= 0.6 is 23.6 Å². The second-order valence-corrected chi connectivity index (χ2v) is 3.67. The van der Waals surface area contributed by atoms with E-state index in [1.54, 1.807) is 0 Å². The highest BCUT2D eigenvalue weighted by Crippen LogP contribution is 2.15. The molecule has 0 bridgehead atoms. The van der Waals surface area contributed by atoms with Gasteiger partial charge in [-0.2, -0.15) is 0 Å². The highest BCUT2D eigenvalue weighted by molar-refractivity contribution is 7.73. The molecule has 2 N–H and O–H groups in total. The van der Waals surface area contributed by atoms with Crippen LogP contribution in [0.25, 0.3) is 0 Å². The Kier molecular flexibility index (Phi) is 2.41. The van der Waals surface area contributed by atoms with E-state index in [1.807, 2.05) is 6.92 Å². The average Bonchev–Trinajstić information content (AvgIpc) is 2.30. The molecule has 0 amide bonds. The van der Waals surface area contributed by atoms with Gasteiger partial charge < -0.3 is 10.1 Å². The predicted octanol–water partition coefficient (Wildman–Crippen LogP) is 2.07. The van der Waals surface area contributed by atoms with Crippen molar-refractivity contribution in [3.63, 3.8) is 0 Å². The van der Waals surface area contributed by atoms with E-state index in [2.05, 4.69) is 4.98 Å². The maximum atomic E-state index is 10.5. The molecule has 0 saturated heterocycles. The first-order valence-corrected chi connectivity index (χ1v) is 4.33. The molecular formula is C6H7NO2S2. The molecule has 0 atom stereocenters. The van der Waals surface area contributed by atoms with Crippen LogP contribution in [0.1, 0.15) is 22.3 Å².